The highest BCUT2D eigenvalue weighted by molar-refractivity contribution is 7.90. The normalized spacial score (nSPS) is 11.5. The van der Waals surface area contributed by atoms with Gasteiger partial charge in [-0.05, 0) is 49.1 Å². The number of benzene rings is 2. The van der Waals surface area contributed by atoms with Gasteiger partial charge in [-0.15, -0.1) is 0 Å². The van der Waals surface area contributed by atoms with Crippen LogP contribution >= 0.6 is 0 Å². The molecule has 0 fully saturated rings. The van der Waals surface area contributed by atoms with E-state index in [1.54, 1.807) is 6.07 Å². The third-order valence-electron chi connectivity index (χ3n) is 4.33. The van der Waals surface area contributed by atoms with Gasteiger partial charge in [-0.3, -0.25) is 4.79 Å². The SMILES string of the molecule is CCc1ccccc1NC(=O)CN(c1cc(C)ccc1C)S(=O)(=O)N(C)C. The van der Waals surface area contributed by atoms with E-state index in [4.69, 9.17) is 0 Å². The van der Waals surface area contributed by atoms with Crippen molar-refractivity contribution in [1.29, 1.82) is 0 Å². The van der Waals surface area contributed by atoms with Crippen LogP contribution in [0.5, 0.6) is 0 Å². The monoisotopic (exact) mass is 389 g/mol. The van der Waals surface area contributed by atoms with Crippen LogP contribution in [0, 0.1) is 13.8 Å². The van der Waals surface area contributed by atoms with Crippen molar-refractivity contribution in [2.45, 2.75) is 27.2 Å². The molecule has 0 saturated heterocycles. The summed E-state index contributed by atoms with van der Waals surface area (Å²) in [6, 6.07) is 13.1. The number of nitrogens with one attached hydrogen (secondary N) is 1. The lowest BCUT2D eigenvalue weighted by Crippen LogP contribution is -2.44. The topological polar surface area (TPSA) is 69.7 Å². The van der Waals surface area contributed by atoms with Crippen molar-refractivity contribution in [1.82, 2.24) is 4.31 Å². The quantitative estimate of drug-likeness (QED) is 0.791. The van der Waals surface area contributed by atoms with Crippen LogP contribution < -0.4 is 9.62 Å². The first-order valence-electron chi connectivity index (χ1n) is 8.82. The first-order chi connectivity index (χ1) is 12.7. The summed E-state index contributed by atoms with van der Waals surface area (Å²) in [5.74, 6) is -0.387. The van der Waals surface area contributed by atoms with Gasteiger partial charge in [0.1, 0.15) is 6.54 Å². The van der Waals surface area contributed by atoms with E-state index in [0.717, 1.165) is 31.7 Å². The average Bonchev–Trinajstić information content (AvgIpc) is 2.62. The van der Waals surface area contributed by atoms with E-state index < -0.39 is 10.2 Å². The standard InChI is InChI=1S/C20H27N3O3S/c1-6-17-9-7-8-10-18(17)21-20(24)14-23(27(25,26)22(4)5)19-13-15(2)11-12-16(19)3/h7-13H,6,14H2,1-5H3,(H,21,24). The van der Waals surface area contributed by atoms with E-state index in [2.05, 4.69) is 5.32 Å². The molecule has 0 aromatic heterocycles. The van der Waals surface area contributed by atoms with Gasteiger partial charge in [0.25, 0.3) is 0 Å². The minimum atomic E-state index is -3.83. The van der Waals surface area contributed by atoms with Gasteiger partial charge in [-0.1, -0.05) is 37.3 Å². The van der Waals surface area contributed by atoms with E-state index in [-0.39, 0.29) is 12.5 Å². The van der Waals surface area contributed by atoms with Gasteiger partial charge in [0.05, 0.1) is 5.69 Å². The Labute approximate surface area is 162 Å². The molecule has 2 aromatic carbocycles. The fourth-order valence-corrected chi connectivity index (χ4v) is 3.87. The summed E-state index contributed by atoms with van der Waals surface area (Å²) in [7, 11) is -0.916. The molecule has 6 nitrogen and oxygen atoms in total. The van der Waals surface area contributed by atoms with Crippen LogP contribution in [0.2, 0.25) is 0 Å². The third-order valence-corrected chi connectivity index (χ3v) is 6.14. The maximum Gasteiger partial charge on any atom is 0.304 e. The van der Waals surface area contributed by atoms with Gasteiger partial charge in [0, 0.05) is 19.8 Å². The van der Waals surface area contributed by atoms with E-state index in [1.807, 2.05) is 57.2 Å². The molecule has 146 valence electrons. The maximum atomic E-state index is 12.9. The van der Waals surface area contributed by atoms with Crippen LogP contribution in [0.15, 0.2) is 42.5 Å². The summed E-state index contributed by atoms with van der Waals surface area (Å²) in [6.07, 6.45) is 0.771. The zero-order valence-electron chi connectivity index (χ0n) is 16.5. The van der Waals surface area contributed by atoms with Gasteiger partial charge in [0.15, 0.2) is 0 Å². The number of hydrogen-bond acceptors (Lipinski definition) is 3. The highest BCUT2D eigenvalue weighted by Gasteiger charge is 2.28. The molecule has 7 heteroatoms. The molecule has 1 amide bonds. The van der Waals surface area contributed by atoms with Gasteiger partial charge in [-0.2, -0.15) is 12.7 Å². The van der Waals surface area contributed by atoms with Gasteiger partial charge < -0.3 is 5.32 Å². The number of anilines is 2. The van der Waals surface area contributed by atoms with E-state index in [0.29, 0.717) is 11.4 Å². The summed E-state index contributed by atoms with van der Waals surface area (Å²) >= 11 is 0. The smallest absolute Gasteiger partial charge is 0.304 e. The van der Waals surface area contributed by atoms with Crippen molar-refractivity contribution < 1.29 is 13.2 Å². The molecule has 2 rings (SSSR count). The minimum Gasteiger partial charge on any atom is -0.324 e. The third kappa shape index (κ3) is 4.87. The summed E-state index contributed by atoms with van der Waals surface area (Å²) < 4.78 is 28.0. The van der Waals surface area contributed by atoms with Crippen LogP contribution in [0.4, 0.5) is 11.4 Å². The van der Waals surface area contributed by atoms with Crippen LogP contribution in [0.1, 0.15) is 23.6 Å². The number of para-hydroxylation sites is 1. The van der Waals surface area contributed by atoms with E-state index in [9.17, 15) is 13.2 Å². The Kier molecular flexibility index (Phi) is 6.62. The first-order valence-corrected chi connectivity index (χ1v) is 10.2. The Hall–Kier alpha value is -2.38. The Morgan fingerprint density at radius 1 is 1.07 bits per heavy atom. The lowest BCUT2D eigenvalue weighted by molar-refractivity contribution is -0.114. The fraction of sp³-hybridized carbons (Fsp3) is 0.350. The van der Waals surface area contributed by atoms with Crippen LogP contribution in [0.25, 0.3) is 0 Å². The second-order valence-corrected chi connectivity index (χ2v) is 8.71. The largest absolute Gasteiger partial charge is 0.324 e. The number of aryl methyl sites for hydroxylation is 3. The number of rotatable bonds is 7. The zero-order chi connectivity index (χ0) is 20.2. The van der Waals surface area contributed by atoms with Crippen molar-refractivity contribution in [3.8, 4) is 0 Å². The van der Waals surface area contributed by atoms with Crippen LogP contribution in [-0.4, -0.2) is 39.3 Å². The predicted octanol–water partition coefficient (Wildman–Crippen LogP) is 3.12. The molecule has 2 aromatic rings. The second kappa shape index (κ2) is 8.54. The van der Waals surface area contributed by atoms with Gasteiger partial charge in [-0.25, -0.2) is 4.31 Å². The number of carbonyl (C=O) groups is 1. The Morgan fingerprint density at radius 2 is 1.74 bits per heavy atom. The Morgan fingerprint density at radius 3 is 2.37 bits per heavy atom. The molecular formula is C20H27N3O3S. The van der Waals surface area contributed by atoms with Crippen molar-refractivity contribution >= 4 is 27.5 Å². The van der Waals surface area contributed by atoms with E-state index in [1.165, 1.54) is 14.1 Å². The number of hydrogen-bond donors (Lipinski definition) is 1. The highest BCUT2D eigenvalue weighted by Crippen LogP contribution is 2.25. The first kappa shape index (κ1) is 20.9. The molecule has 0 spiro atoms. The van der Waals surface area contributed by atoms with E-state index >= 15 is 0 Å². The summed E-state index contributed by atoms with van der Waals surface area (Å²) in [4.78, 5) is 12.7. The highest BCUT2D eigenvalue weighted by atomic mass is 32.2. The molecule has 0 atom stereocenters. The molecule has 0 aliphatic rings. The lowest BCUT2D eigenvalue weighted by atomic mass is 10.1. The maximum absolute atomic E-state index is 12.9. The average molecular weight is 390 g/mol. The van der Waals surface area contributed by atoms with Crippen molar-refractivity contribution in [3.05, 3.63) is 59.2 Å². The molecule has 0 saturated carbocycles. The number of nitrogens with zero attached hydrogens (tertiary/aromatic N) is 2. The number of amides is 1. The molecule has 0 unspecified atom stereocenters. The van der Waals surface area contributed by atoms with Gasteiger partial charge in [0.2, 0.25) is 5.91 Å². The second-order valence-electron chi connectivity index (χ2n) is 6.65. The summed E-state index contributed by atoms with van der Waals surface area (Å²) in [6.45, 7) is 5.42. The molecule has 0 aliphatic carbocycles. The van der Waals surface area contributed by atoms with Gasteiger partial charge >= 0.3 is 10.2 Å². The summed E-state index contributed by atoms with van der Waals surface area (Å²) in [5.41, 5.74) is 3.91. The predicted molar refractivity (Wildman–Crippen MR) is 110 cm³/mol. The van der Waals surface area contributed by atoms with Crippen molar-refractivity contribution in [3.63, 3.8) is 0 Å². The van der Waals surface area contributed by atoms with Crippen molar-refractivity contribution in [2.24, 2.45) is 0 Å². The Balaban J connectivity index is 2.38. The molecule has 0 heterocycles. The zero-order valence-corrected chi connectivity index (χ0v) is 17.3. The van der Waals surface area contributed by atoms with Crippen LogP contribution in [0.3, 0.4) is 0 Å². The fourth-order valence-electron chi connectivity index (χ4n) is 2.75. The molecule has 0 radical (unpaired) electrons. The van der Waals surface area contributed by atoms with Crippen LogP contribution in [-0.2, 0) is 21.4 Å². The molecule has 0 aliphatic heterocycles. The molecule has 1 N–H and O–H groups in total. The van der Waals surface area contributed by atoms with Crippen molar-refractivity contribution in [2.75, 3.05) is 30.3 Å². The lowest BCUT2D eigenvalue weighted by Gasteiger charge is -2.28. The molecule has 27 heavy (non-hydrogen) atoms. The summed E-state index contributed by atoms with van der Waals surface area (Å²) in [5, 5.41) is 2.84. The molecular weight excluding hydrogens is 362 g/mol. The molecule has 0 bridgehead atoms. The number of carbonyl (C=O) groups excluding carboxylic acids is 1. The Bertz CT molecular complexity index is 924. The minimum absolute atomic E-state index is 0.303.